The molecule has 3 aromatic heterocycles. The van der Waals surface area contributed by atoms with Gasteiger partial charge in [0.1, 0.15) is 6.33 Å². The van der Waals surface area contributed by atoms with E-state index < -0.39 is 0 Å². The van der Waals surface area contributed by atoms with Crippen molar-refractivity contribution in [3.63, 3.8) is 0 Å². The van der Waals surface area contributed by atoms with Crippen LogP contribution in [0.3, 0.4) is 0 Å². The smallest absolute Gasteiger partial charge is 0.137 e. The van der Waals surface area contributed by atoms with Crippen molar-refractivity contribution in [1.29, 1.82) is 5.26 Å². The molecule has 0 bridgehead atoms. The Bertz CT molecular complexity index is 1410. The van der Waals surface area contributed by atoms with Crippen LogP contribution in [0.1, 0.15) is 11.1 Å². The summed E-state index contributed by atoms with van der Waals surface area (Å²) in [6.45, 7) is 0. The van der Waals surface area contributed by atoms with Crippen LogP contribution in [0.25, 0.3) is 27.9 Å². The summed E-state index contributed by atoms with van der Waals surface area (Å²) in [6, 6.07) is 20.1. The van der Waals surface area contributed by atoms with Crippen molar-refractivity contribution in [2.45, 2.75) is 5.75 Å². The fraction of sp³-hybridized carbons (Fsp3) is 0.0833. The van der Waals surface area contributed by atoms with Crippen molar-refractivity contribution in [2.75, 3.05) is 4.72 Å². The van der Waals surface area contributed by atoms with Crippen molar-refractivity contribution < 1.29 is 0 Å². The third-order valence-electron chi connectivity index (χ3n) is 5.11. The minimum atomic E-state index is 0.677. The van der Waals surface area contributed by atoms with Crippen LogP contribution < -0.4 is 4.72 Å². The number of aromatic nitrogens is 5. The standard InChI is InChI=1S/C24H19N7S/c1-30-13-21(12-27-30)20-10-23-24(26-16-28-31(23)14-20)19-6-8-22(9-7-19)29-32-15-18-4-2-17(11-25)3-5-18/h2-10,12-14,16,29H,15H2,1H3. The van der Waals surface area contributed by atoms with Gasteiger partial charge in [-0.3, -0.25) is 4.68 Å². The summed E-state index contributed by atoms with van der Waals surface area (Å²) in [7, 11) is 1.91. The number of nitriles is 1. The van der Waals surface area contributed by atoms with E-state index in [4.69, 9.17) is 5.26 Å². The Morgan fingerprint density at radius 3 is 2.50 bits per heavy atom. The minimum absolute atomic E-state index is 0.677. The molecule has 2 aromatic carbocycles. The third-order valence-corrected chi connectivity index (χ3v) is 5.97. The first-order valence-electron chi connectivity index (χ1n) is 9.99. The van der Waals surface area contributed by atoms with Gasteiger partial charge in [0.05, 0.1) is 29.0 Å². The zero-order valence-corrected chi connectivity index (χ0v) is 18.1. The van der Waals surface area contributed by atoms with E-state index in [9.17, 15) is 0 Å². The summed E-state index contributed by atoms with van der Waals surface area (Å²) in [4.78, 5) is 4.53. The maximum Gasteiger partial charge on any atom is 0.137 e. The molecule has 8 heteroatoms. The van der Waals surface area contributed by atoms with E-state index in [-0.39, 0.29) is 0 Å². The molecule has 32 heavy (non-hydrogen) atoms. The Morgan fingerprint density at radius 1 is 0.969 bits per heavy atom. The summed E-state index contributed by atoms with van der Waals surface area (Å²) in [5.74, 6) is 0.807. The van der Waals surface area contributed by atoms with Gasteiger partial charge in [-0.15, -0.1) is 0 Å². The van der Waals surface area contributed by atoms with Gasteiger partial charge in [0.15, 0.2) is 0 Å². The second-order valence-corrected chi connectivity index (χ2v) is 8.13. The molecule has 0 atom stereocenters. The predicted octanol–water partition coefficient (Wildman–Crippen LogP) is 4.93. The van der Waals surface area contributed by atoms with Crippen LogP contribution in [0, 0.1) is 11.3 Å². The lowest BCUT2D eigenvalue weighted by atomic mass is 10.1. The van der Waals surface area contributed by atoms with Crippen molar-refractivity contribution in [3.05, 3.63) is 90.6 Å². The third kappa shape index (κ3) is 4.06. The minimum Gasteiger partial charge on any atom is -0.329 e. The summed E-state index contributed by atoms with van der Waals surface area (Å²) in [5, 5.41) is 17.5. The highest BCUT2D eigenvalue weighted by Crippen LogP contribution is 2.29. The van der Waals surface area contributed by atoms with Gasteiger partial charge in [-0.2, -0.15) is 15.5 Å². The average Bonchev–Trinajstić information content (AvgIpc) is 3.46. The number of benzene rings is 2. The number of hydrogen-bond acceptors (Lipinski definition) is 6. The number of anilines is 1. The lowest BCUT2D eigenvalue weighted by Gasteiger charge is -2.08. The van der Waals surface area contributed by atoms with E-state index in [0.717, 1.165) is 39.3 Å². The first-order valence-corrected chi connectivity index (χ1v) is 11.0. The lowest BCUT2D eigenvalue weighted by Crippen LogP contribution is -1.95. The molecule has 0 aliphatic heterocycles. The van der Waals surface area contributed by atoms with E-state index in [1.807, 2.05) is 66.6 Å². The van der Waals surface area contributed by atoms with Crippen LogP contribution in [-0.4, -0.2) is 24.4 Å². The van der Waals surface area contributed by atoms with Crippen molar-refractivity contribution in [3.8, 4) is 28.5 Å². The van der Waals surface area contributed by atoms with Crippen LogP contribution in [0.4, 0.5) is 5.69 Å². The van der Waals surface area contributed by atoms with Crippen molar-refractivity contribution in [2.24, 2.45) is 7.05 Å². The summed E-state index contributed by atoms with van der Waals surface area (Å²) < 4.78 is 7.01. The van der Waals surface area contributed by atoms with Gasteiger partial charge in [-0.25, -0.2) is 9.50 Å². The normalized spacial score (nSPS) is 10.9. The Balaban J connectivity index is 1.31. The first-order chi connectivity index (χ1) is 15.7. The molecule has 0 fully saturated rings. The molecule has 3 heterocycles. The molecule has 0 aliphatic carbocycles. The highest BCUT2D eigenvalue weighted by Gasteiger charge is 2.11. The Kier molecular flexibility index (Phi) is 5.32. The van der Waals surface area contributed by atoms with Crippen LogP contribution in [0.5, 0.6) is 0 Å². The average molecular weight is 438 g/mol. The van der Waals surface area contributed by atoms with Gasteiger partial charge in [0, 0.05) is 47.6 Å². The Morgan fingerprint density at radius 2 is 1.78 bits per heavy atom. The zero-order valence-electron chi connectivity index (χ0n) is 17.3. The number of aryl methyl sites for hydroxylation is 1. The number of rotatable bonds is 6. The second kappa shape index (κ2) is 8.57. The van der Waals surface area contributed by atoms with Gasteiger partial charge in [-0.1, -0.05) is 24.3 Å². The van der Waals surface area contributed by atoms with Crippen LogP contribution in [0.2, 0.25) is 0 Å². The molecule has 156 valence electrons. The molecule has 1 N–H and O–H groups in total. The van der Waals surface area contributed by atoms with E-state index in [1.54, 1.807) is 23.0 Å². The summed E-state index contributed by atoms with van der Waals surface area (Å²) in [6.07, 6.45) is 7.40. The SMILES string of the molecule is Cn1cc(-c2cc3c(-c4ccc(NSCc5ccc(C#N)cc5)cc4)ncnn3c2)cn1. The molecular weight excluding hydrogens is 418 g/mol. The highest BCUT2D eigenvalue weighted by atomic mass is 32.2. The highest BCUT2D eigenvalue weighted by molar-refractivity contribution is 7.99. The van der Waals surface area contributed by atoms with Crippen molar-refractivity contribution in [1.82, 2.24) is 24.4 Å². The molecule has 0 saturated heterocycles. The predicted molar refractivity (Wildman–Crippen MR) is 127 cm³/mol. The number of nitrogens with zero attached hydrogens (tertiary/aromatic N) is 6. The van der Waals surface area contributed by atoms with Gasteiger partial charge < -0.3 is 4.72 Å². The fourth-order valence-electron chi connectivity index (χ4n) is 3.45. The Labute approximate surface area is 189 Å². The van der Waals surface area contributed by atoms with Gasteiger partial charge in [0.25, 0.3) is 0 Å². The van der Waals surface area contributed by atoms with Crippen LogP contribution in [-0.2, 0) is 12.8 Å². The quantitative estimate of drug-likeness (QED) is 0.379. The van der Waals surface area contributed by atoms with Gasteiger partial charge >= 0.3 is 0 Å². The van der Waals surface area contributed by atoms with E-state index in [0.29, 0.717) is 5.56 Å². The lowest BCUT2D eigenvalue weighted by molar-refractivity contribution is 0.768. The second-order valence-electron chi connectivity index (χ2n) is 7.35. The summed E-state index contributed by atoms with van der Waals surface area (Å²) >= 11 is 1.61. The van der Waals surface area contributed by atoms with E-state index >= 15 is 0 Å². The number of nitrogens with one attached hydrogen (secondary N) is 1. The topological polar surface area (TPSA) is 83.8 Å². The molecule has 0 saturated carbocycles. The monoisotopic (exact) mass is 437 g/mol. The molecule has 7 nitrogen and oxygen atoms in total. The first kappa shape index (κ1) is 19.8. The summed E-state index contributed by atoms with van der Waals surface area (Å²) in [5.41, 5.74) is 7.81. The van der Waals surface area contributed by atoms with Gasteiger partial charge in [0.2, 0.25) is 0 Å². The van der Waals surface area contributed by atoms with E-state index in [2.05, 4.69) is 44.2 Å². The molecule has 5 rings (SSSR count). The molecule has 0 radical (unpaired) electrons. The molecule has 0 aliphatic rings. The maximum absolute atomic E-state index is 8.89. The zero-order chi connectivity index (χ0) is 21.9. The van der Waals surface area contributed by atoms with Crippen molar-refractivity contribution >= 4 is 23.2 Å². The molecule has 0 unspecified atom stereocenters. The molecule has 0 amide bonds. The molecule has 5 aromatic rings. The number of fused-ring (bicyclic) bond motifs is 1. The molecular formula is C24H19N7S. The van der Waals surface area contributed by atoms with E-state index in [1.165, 1.54) is 5.56 Å². The number of hydrogen-bond donors (Lipinski definition) is 1. The van der Waals surface area contributed by atoms with Crippen LogP contribution in [0.15, 0.2) is 79.5 Å². The maximum atomic E-state index is 8.89. The Hall–Kier alpha value is -4.09. The largest absolute Gasteiger partial charge is 0.329 e. The fourth-order valence-corrected chi connectivity index (χ4v) is 4.19. The van der Waals surface area contributed by atoms with Gasteiger partial charge in [-0.05, 0) is 47.8 Å². The van der Waals surface area contributed by atoms with Crippen LogP contribution >= 0.6 is 11.9 Å². The molecule has 0 spiro atoms.